The molecule has 14 heteroatoms. The first-order valence-electron chi connectivity index (χ1n) is 12.2. The first-order chi connectivity index (χ1) is 19.4. The van der Waals surface area contributed by atoms with Crippen molar-refractivity contribution in [1.29, 1.82) is 0 Å². The summed E-state index contributed by atoms with van der Waals surface area (Å²) in [5.74, 6) is -2.93. The summed E-state index contributed by atoms with van der Waals surface area (Å²) in [6.45, 7) is 3.25. The van der Waals surface area contributed by atoms with E-state index in [1.807, 2.05) is 0 Å². The molecule has 6 nitrogen and oxygen atoms in total. The molecule has 3 aromatic rings. The first-order valence-corrected chi connectivity index (χ1v) is 13.5. The summed E-state index contributed by atoms with van der Waals surface area (Å²) in [6.07, 6.45) is -10.3. The number of ether oxygens (including phenoxy) is 1. The van der Waals surface area contributed by atoms with Crippen molar-refractivity contribution in [2.45, 2.75) is 59.9 Å². The molecule has 0 heterocycles. The van der Waals surface area contributed by atoms with E-state index in [0.29, 0.717) is 33.1 Å². The summed E-state index contributed by atoms with van der Waals surface area (Å²) in [5.41, 5.74) is -0.922. The number of carbonyl (C=O) groups excluding carboxylic acids is 1. The van der Waals surface area contributed by atoms with Crippen LogP contribution in [0.5, 0.6) is 5.75 Å². The van der Waals surface area contributed by atoms with Crippen LogP contribution in [0.25, 0.3) is 0 Å². The molecule has 0 aliphatic rings. The summed E-state index contributed by atoms with van der Waals surface area (Å²) in [4.78, 5) is 25.9. The van der Waals surface area contributed by atoms with Crippen LogP contribution in [-0.2, 0) is 28.7 Å². The van der Waals surface area contributed by atoms with E-state index in [-0.39, 0.29) is 19.0 Å². The smallest absolute Gasteiger partial charge is 0.480 e. The highest BCUT2D eigenvalue weighted by Gasteiger charge is 2.37. The van der Waals surface area contributed by atoms with E-state index in [4.69, 9.17) is 0 Å². The minimum atomic E-state index is -5.20. The lowest BCUT2D eigenvalue weighted by molar-refractivity contribution is -0.274. The predicted molar refractivity (Wildman–Crippen MR) is 149 cm³/mol. The Morgan fingerprint density at radius 1 is 0.976 bits per heavy atom. The van der Waals surface area contributed by atoms with Crippen molar-refractivity contribution in [1.82, 2.24) is 5.32 Å². The third-order valence-electron chi connectivity index (χ3n) is 5.88. The summed E-state index contributed by atoms with van der Waals surface area (Å²) in [5, 5.41) is 14.5. The van der Waals surface area contributed by atoms with Crippen molar-refractivity contribution in [2.75, 3.05) is 5.32 Å². The number of nitrogens with one attached hydrogen (secondary N) is 2. The number of hydrogen-bond acceptors (Lipinski definition) is 6. The van der Waals surface area contributed by atoms with Gasteiger partial charge in [-0.1, -0.05) is 30.3 Å². The van der Waals surface area contributed by atoms with Crippen molar-refractivity contribution in [2.24, 2.45) is 0 Å². The van der Waals surface area contributed by atoms with E-state index in [1.165, 1.54) is 0 Å². The molecule has 1 amide bonds. The lowest BCUT2D eigenvalue weighted by Gasteiger charge is -2.22. The van der Waals surface area contributed by atoms with Gasteiger partial charge in [-0.15, -0.1) is 37.6 Å². The van der Waals surface area contributed by atoms with Crippen molar-refractivity contribution in [3.8, 4) is 5.75 Å². The van der Waals surface area contributed by atoms with Crippen LogP contribution in [0.4, 0.5) is 32.0 Å². The van der Waals surface area contributed by atoms with Crippen molar-refractivity contribution >= 4 is 42.0 Å². The Labute approximate surface area is 247 Å². The van der Waals surface area contributed by atoms with Crippen LogP contribution in [0.1, 0.15) is 30.5 Å². The Morgan fingerprint density at radius 2 is 1.62 bits per heavy atom. The lowest BCUT2D eigenvalue weighted by Crippen LogP contribution is -2.42. The second kappa shape index (κ2) is 13.3. The van der Waals surface area contributed by atoms with Crippen LogP contribution < -0.4 is 15.4 Å². The third-order valence-corrected chi connectivity index (χ3v) is 7.51. The normalized spacial score (nSPS) is 13.0. The minimum Gasteiger partial charge on any atom is -0.480 e. The van der Waals surface area contributed by atoms with E-state index >= 15 is 0 Å². The van der Waals surface area contributed by atoms with Crippen LogP contribution in [0.3, 0.4) is 0 Å². The summed E-state index contributed by atoms with van der Waals surface area (Å²) < 4.78 is 81.4. The number of benzene rings is 3. The highest BCUT2D eigenvalue weighted by atomic mass is 32.2. The van der Waals surface area contributed by atoms with E-state index in [9.17, 15) is 41.0 Å². The van der Waals surface area contributed by atoms with Gasteiger partial charge in [0.25, 0.3) is 0 Å². The fourth-order valence-electron chi connectivity index (χ4n) is 3.70. The molecule has 1 atom stereocenters. The maximum Gasteiger partial charge on any atom is 0.573 e. The van der Waals surface area contributed by atoms with Crippen LogP contribution in [0, 0.1) is 0 Å². The maximum absolute atomic E-state index is 13.7. The molecule has 0 saturated carbocycles. The van der Waals surface area contributed by atoms with Gasteiger partial charge in [-0.25, -0.2) is 0 Å². The predicted octanol–water partition coefficient (Wildman–Crippen LogP) is 7.19. The number of anilines is 1. The molecule has 0 bridgehead atoms. The third kappa shape index (κ3) is 9.60. The van der Waals surface area contributed by atoms with Crippen molar-refractivity contribution in [3.05, 3.63) is 83.4 Å². The zero-order chi connectivity index (χ0) is 31.3. The minimum absolute atomic E-state index is 0.0306. The Hall–Kier alpha value is -3.36. The van der Waals surface area contributed by atoms with Gasteiger partial charge in [0.2, 0.25) is 5.91 Å². The number of thiol groups is 1. The fourth-order valence-corrected chi connectivity index (χ4v) is 4.90. The van der Waals surface area contributed by atoms with Gasteiger partial charge in [-0.05, 0) is 67.8 Å². The zero-order valence-electron chi connectivity index (χ0n) is 22.1. The van der Waals surface area contributed by atoms with E-state index < -0.39 is 52.2 Å². The summed E-state index contributed by atoms with van der Waals surface area (Å²) in [7, 11) is 0. The van der Waals surface area contributed by atoms with Crippen LogP contribution >= 0.6 is 24.4 Å². The SMILES string of the molecule is CC(C)(Sc1ccc(CNC(Cc2ccccc2S)C(=O)Nc2ccc(OC(F)(F)F)cc2C(F)(F)F)cc1)C(=O)O. The topological polar surface area (TPSA) is 87.7 Å². The monoisotopic (exact) mass is 632 g/mol. The zero-order valence-corrected chi connectivity index (χ0v) is 23.8. The van der Waals surface area contributed by atoms with Crippen LogP contribution in [-0.4, -0.2) is 34.1 Å². The van der Waals surface area contributed by atoms with Crippen molar-refractivity contribution < 1.29 is 45.8 Å². The molecule has 0 saturated heterocycles. The molecule has 1 unspecified atom stereocenters. The molecule has 3 rings (SSSR count). The number of aliphatic carboxylic acids is 1. The molecule has 42 heavy (non-hydrogen) atoms. The Kier molecular flexibility index (Phi) is 10.5. The van der Waals surface area contributed by atoms with E-state index in [1.54, 1.807) is 62.4 Å². The maximum atomic E-state index is 13.7. The molecule has 0 radical (unpaired) electrons. The van der Waals surface area contributed by atoms with Gasteiger partial charge in [0.05, 0.1) is 17.3 Å². The molecule has 0 aromatic heterocycles. The second-order valence-electron chi connectivity index (χ2n) is 9.57. The molecular formula is C28H26F6N2O4S2. The van der Waals surface area contributed by atoms with Crippen LogP contribution in [0.2, 0.25) is 0 Å². The highest BCUT2D eigenvalue weighted by Crippen LogP contribution is 2.38. The van der Waals surface area contributed by atoms with Gasteiger partial charge in [0.1, 0.15) is 10.5 Å². The first kappa shape index (κ1) is 33.1. The quantitative estimate of drug-likeness (QED) is 0.102. The van der Waals surface area contributed by atoms with Gasteiger partial charge in [-0.3, -0.25) is 9.59 Å². The summed E-state index contributed by atoms with van der Waals surface area (Å²) in [6, 6.07) is 14.1. The molecule has 3 N–H and O–H groups in total. The van der Waals surface area contributed by atoms with Crippen LogP contribution in [0.15, 0.2) is 76.5 Å². The van der Waals surface area contributed by atoms with E-state index in [2.05, 4.69) is 28.0 Å². The number of halogens is 6. The Bertz CT molecular complexity index is 1410. The van der Waals surface area contributed by atoms with E-state index in [0.717, 1.165) is 11.8 Å². The Morgan fingerprint density at radius 3 is 2.19 bits per heavy atom. The number of rotatable bonds is 11. The fraction of sp³-hybridized carbons (Fsp3) is 0.286. The number of carbonyl (C=O) groups is 2. The largest absolute Gasteiger partial charge is 0.573 e. The molecule has 0 aliphatic carbocycles. The van der Waals surface area contributed by atoms with Crippen molar-refractivity contribution in [3.63, 3.8) is 0 Å². The van der Waals surface area contributed by atoms with Gasteiger partial charge < -0.3 is 20.5 Å². The second-order valence-corrected chi connectivity index (χ2v) is 11.7. The van der Waals surface area contributed by atoms with Gasteiger partial charge in [-0.2, -0.15) is 13.2 Å². The average molecular weight is 633 g/mol. The number of thioether (sulfide) groups is 1. The molecule has 0 aliphatic heterocycles. The highest BCUT2D eigenvalue weighted by molar-refractivity contribution is 8.01. The number of carboxylic acids is 1. The number of amides is 1. The molecule has 0 spiro atoms. The lowest BCUT2D eigenvalue weighted by atomic mass is 10.0. The number of hydrogen-bond donors (Lipinski definition) is 4. The molecule has 0 fully saturated rings. The number of carboxylic acid groups (broad SMARTS) is 1. The molecule has 226 valence electrons. The average Bonchev–Trinajstić information content (AvgIpc) is 2.87. The standard InChI is InChI=1S/C28H26F6N2O4S2/c1-26(2,25(38)39)42-19-10-7-16(8-11-19)15-35-22(13-17-5-3-4-6-23(17)41)24(37)36-21-12-9-18(40-28(32,33)34)14-20(21)27(29,30)31/h3-12,14,22,35,41H,13,15H2,1-2H3,(H,36,37)(H,38,39). The van der Waals surface area contributed by atoms with Gasteiger partial charge in [0, 0.05) is 16.3 Å². The Balaban J connectivity index is 1.83. The molecule has 3 aromatic carbocycles. The van der Waals surface area contributed by atoms with Gasteiger partial charge in [0.15, 0.2) is 0 Å². The van der Waals surface area contributed by atoms with Gasteiger partial charge >= 0.3 is 18.5 Å². The summed E-state index contributed by atoms with van der Waals surface area (Å²) >= 11 is 5.53. The molecular weight excluding hydrogens is 606 g/mol. The number of alkyl halides is 6.